The first-order valence-corrected chi connectivity index (χ1v) is 7.40. The molecule has 0 atom stereocenters. The maximum atomic E-state index is 5.67. The van der Waals surface area contributed by atoms with Gasteiger partial charge < -0.3 is 19.9 Å². The SMILES string of the molecule is COc1ccc(OCCOc2ccc(CN)cc2Br)cc1. The summed E-state index contributed by atoms with van der Waals surface area (Å²) in [6.07, 6.45) is 0. The molecule has 5 heteroatoms. The Morgan fingerprint density at radius 3 is 2.24 bits per heavy atom. The summed E-state index contributed by atoms with van der Waals surface area (Å²) in [4.78, 5) is 0. The zero-order valence-corrected chi connectivity index (χ0v) is 13.4. The average Bonchev–Trinajstić information content (AvgIpc) is 2.53. The molecular formula is C16H18BrNO3. The van der Waals surface area contributed by atoms with Gasteiger partial charge in [0.05, 0.1) is 11.6 Å². The highest BCUT2D eigenvalue weighted by atomic mass is 79.9. The second-order valence-corrected chi connectivity index (χ2v) is 5.20. The third-order valence-corrected chi connectivity index (χ3v) is 3.52. The quantitative estimate of drug-likeness (QED) is 0.777. The van der Waals surface area contributed by atoms with E-state index in [9.17, 15) is 0 Å². The number of methoxy groups -OCH3 is 1. The van der Waals surface area contributed by atoms with Crippen LogP contribution in [0.1, 0.15) is 5.56 Å². The zero-order valence-electron chi connectivity index (χ0n) is 11.8. The number of hydrogen-bond acceptors (Lipinski definition) is 4. The lowest BCUT2D eigenvalue weighted by molar-refractivity contribution is 0.216. The molecule has 0 aromatic heterocycles. The first-order valence-electron chi connectivity index (χ1n) is 6.61. The smallest absolute Gasteiger partial charge is 0.133 e. The molecule has 0 amide bonds. The van der Waals surface area contributed by atoms with Crippen LogP contribution < -0.4 is 19.9 Å². The van der Waals surface area contributed by atoms with E-state index in [0.717, 1.165) is 27.3 Å². The molecule has 0 aliphatic rings. The molecule has 2 N–H and O–H groups in total. The first-order chi connectivity index (χ1) is 10.2. The van der Waals surface area contributed by atoms with Crippen LogP contribution in [0.15, 0.2) is 46.9 Å². The van der Waals surface area contributed by atoms with Crippen LogP contribution in [-0.2, 0) is 6.54 Å². The highest BCUT2D eigenvalue weighted by Crippen LogP contribution is 2.26. The van der Waals surface area contributed by atoms with Crippen LogP contribution in [0.25, 0.3) is 0 Å². The highest BCUT2D eigenvalue weighted by molar-refractivity contribution is 9.10. The van der Waals surface area contributed by atoms with Crippen molar-refractivity contribution < 1.29 is 14.2 Å². The lowest BCUT2D eigenvalue weighted by Crippen LogP contribution is -2.09. The van der Waals surface area contributed by atoms with Gasteiger partial charge in [0, 0.05) is 6.54 Å². The van der Waals surface area contributed by atoms with Gasteiger partial charge in [-0.1, -0.05) is 6.07 Å². The molecule has 2 rings (SSSR count). The van der Waals surface area contributed by atoms with E-state index >= 15 is 0 Å². The van der Waals surface area contributed by atoms with Gasteiger partial charge in [-0.25, -0.2) is 0 Å². The molecule has 0 heterocycles. The number of benzene rings is 2. The fourth-order valence-electron chi connectivity index (χ4n) is 1.77. The van der Waals surface area contributed by atoms with E-state index in [1.807, 2.05) is 42.5 Å². The van der Waals surface area contributed by atoms with Gasteiger partial charge in [0.1, 0.15) is 30.5 Å². The maximum absolute atomic E-state index is 5.67. The van der Waals surface area contributed by atoms with E-state index in [4.69, 9.17) is 19.9 Å². The Bertz CT molecular complexity index is 572. The highest BCUT2D eigenvalue weighted by Gasteiger charge is 2.02. The maximum Gasteiger partial charge on any atom is 0.133 e. The van der Waals surface area contributed by atoms with Crippen molar-refractivity contribution in [2.75, 3.05) is 20.3 Å². The Hall–Kier alpha value is -1.72. The third-order valence-electron chi connectivity index (χ3n) is 2.90. The van der Waals surface area contributed by atoms with Crippen LogP contribution >= 0.6 is 15.9 Å². The average molecular weight is 352 g/mol. The molecule has 4 nitrogen and oxygen atoms in total. The minimum Gasteiger partial charge on any atom is -0.497 e. The standard InChI is InChI=1S/C16H18BrNO3/c1-19-13-3-5-14(6-4-13)20-8-9-21-16-7-2-12(11-18)10-15(16)17/h2-7,10H,8-9,11,18H2,1H3. The number of nitrogens with two attached hydrogens (primary N) is 1. The van der Waals surface area contributed by atoms with Gasteiger partial charge >= 0.3 is 0 Å². The molecule has 0 spiro atoms. The molecule has 0 fully saturated rings. The molecule has 0 bridgehead atoms. The molecule has 2 aromatic rings. The fraction of sp³-hybridized carbons (Fsp3) is 0.250. The van der Waals surface area contributed by atoms with Crippen LogP contribution in [-0.4, -0.2) is 20.3 Å². The van der Waals surface area contributed by atoms with Crippen molar-refractivity contribution >= 4 is 15.9 Å². The van der Waals surface area contributed by atoms with E-state index in [1.54, 1.807) is 7.11 Å². The van der Waals surface area contributed by atoms with Crippen molar-refractivity contribution in [2.24, 2.45) is 5.73 Å². The Balaban J connectivity index is 1.78. The molecular weight excluding hydrogens is 334 g/mol. The van der Waals surface area contributed by atoms with E-state index in [-0.39, 0.29) is 0 Å². The summed E-state index contributed by atoms with van der Waals surface area (Å²) in [6.45, 7) is 1.45. The normalized spacial score (nSPS) is 10.2. The predicted octanol–water partition coefficient (Wildman–Crippen LogP) is 3.37. The Kier molecular flexibility index (Phi) is 5.90. The number of ether oxygens (including phenoxy) is 3. The van der Waals surface area contributed by atoms with Gasteiger partial charge in [0.15, 0.2) is 0 Å². The molecule has 0 unspecified atom stereocenters. The number of halogens is 1. The third kappa shape index (κ3) is 4.65. The van der Waals surface area contributed by atoms with Gasteiger partial charge in [-0.3, -0.25) is 0 Å². The minimum absolute atomic E-state index is 0.465. The Morgan fingerprint density at radius 2 is 1.62 bits per heavy atom. The summed E-state index contributed by atoms with van der Waals surface area (Å²) in [5.41, 5.74) is 6.64. The Morgan fingerprint density at radius 1 is 0.952 bits per heavy atom. The zero-order chi connectivity index (χ0) is 15.1. The molecule has 21 heavy (non-hydrogen) atoms. The van der Waals surface area contributed by atoms with Crippen molar-refractivity contribution in [1.29, 1.82) is 0 Å². The molecule has 0 aliphatic carbocycles. The summed E-state index contributed by atoms with van der Waals surface area (Å²) < 4.78 is 17.3. The van der Waals surface area contributed by atoms with E-state index in [2.05, 4.69) is 15.9 Å². The van der Waals surface area contributed by atoms with Gasteiger partial charge in [-0.2, -0.15) is 0 Å². The van der Waals surface area contributed by atoms with Crippen LogP contribution in [0, 0.1) is 0 Å². The van der Waals surface area contributed by atoms with Crippen LogP contribution in [0.2, 0.25) is 0 Å². The predicted molar refractivity (Wildman–Crippen MR) is 86.0 cm³/mol. The summed E-state index contributed by atoms with van der Waals surface area (Å²) in [5, 5.41) is 0. The fourth-order valence-corrected chi connectivity index (χ4v) is 2.31. The second-order valence-electron chi connectivity index (χ2n) is 4.34. The van der Waals surface area contributed by atoms with E-state index < -0.39 is 0 Å². The van der Waals surface area contributed by atoms with Gasteiger partial charge in [0.2, 0.25) is 0 Å². The van der Waals surface area contributed by atoms with Crippen LogP contribution in [0.5, 0.6) is 17.2 Å². The van der Waals surface area contributed by atoms with Crippen molar-refractivity contribution in [3.05, 3.63) is 52.5 Å². The lowest BCUT2D eigenvalue weighted by Gasteiger charge is -2.10. The molecule has 0 radical (unpaired) electrons. The summed E-state index contributed by atoms with van der Waals surface area (Å²) in [7, 11) is 1.64. The van der Waals surface area contributed by atoms with Crippen LogP contribution in [0.4, 0.5) is 0 Å². The van der Waals surface area contributed by atoms with Crippen molar-refractivity contribution in [3.63, 3.8) is 0 Å². The van der Waals surface area contributed by atoms with Gasteiger partial charge in [-0.05, 0) is 57.9 Å². The molecule has 0 saturated heterocycles. The minimum atomic E-state index is 0.465. The second kappa shape index (κ2) is 7.90. The van der Waals surface area contributed by atoms with Crippen molar-refractivity contribution in [1.82, 2.24) is 0 Å². The van der Waals surface area contributed by atoms with Gasteiger partial charge in [0.25, 0.3) is 0 Å². The van der Waals surface area contributed by atoms with E-state index in [1.165, 1.54) is 0 Å². The topological polar surface area (TPSA) is 53.7 Å². The molecule has 0 saturated carbocycles. The molecule has 2 aromatic carbocycles. The molecule has 112 valence electrons. The van der Waals surface area contributed by atoms with Crippen LogP contribution in [0.3, 0.4) is 0 Å². The first kappa shape index (κ1) is 15.7. The molecule has 0 aliphatic heterocycles. The summed E-state index contributed by atoms with van der Waals surface area (Å²) in [6, 6.07) is 13.3. The summed E-state index contributed by atoms with van der Waals surface area (Å²) >= 11 is 3.47. The number of hydrogen-bond donors (Lipinski definition) is 1. The summed E-state index contributed by atoms with van der Waals surface area (Å²) in [5.74, 6) is 2.38. The largest absolute Gasteiger partial charge is 0.497 e. The number of rotatable bonds is 7. The Labute approximate surface area is 132 Å². The van der Waals surface area contributed by atoms with Crippen molar-refractivity contribution in [2.45, 2.75) is 6.54 Å². The van der Waals surface area contributed by atoms with Gasteiger partial charge in [-0.15, -0.1) is 0 Å². The monoisotopic (exact) mass is 351 g/mol. The van der Waals surface area contributed by atoms with E-state index in [0.29, 0.717) is 19.8 Å². The lowest BCUT2D eigenvalue weighted by atomic mass is 10.2. The van der Waals surface area contributed by atoms with Crippen molar-refractivity contribution in [3.8, 4) is 17.2 Å².